The predicted molar refractivity (Wildman–Crippen MR) is 105 cm³/mol. The van der Waals surface area contributed by atoms with Crippen LogP contribution in [-0.4, -0.2) is 48.3 Å². The molecule has 11 nitrogen and oxygen atoms in total. The van der Waals surface area contributed by atoms with Gasteiger partial charge in [-0.25, -0.2) is 13.2 Å². The van der Waals surface area contributed by atoms with E-state index in [1.165, 1.54) is 24.5 Å². The van der Waals surface area contributed by atoms with Gasteiger partial charge in [0.25, 0.3) is 11.8 Å². The van der Waals surface area contributed by atoms with Gasteiger partial charge >= 0.3 is 6.03 Å². The quantitative estimate of drug-likeness (QED) is 0.469. The smallest absolute Gasteiger partial charge is 0.331 e. The van der Waals surface area contributed by atoms with E-state index in [0.717, 1.165) is 15.5 Å². The fourth-order valence-electron chi connectivity index (χ4n) is 2.81. The SMILES string of the molecule is CS(=O)(=O)N(CCC#N)Cc1ccc(/C=C2\C(=O)NC(=O)N(Cc3ccco3)C2=O)o1. The molecule has 1 aliphatic heterocycles. The zero-order valence-corrected chi connectivity index (χ0v) is 17.2. The number of barbiturate groups is 1. The van der Waals surface area contributed by atoms with Crippen LogP contribution in [0.25, 0.3) is 6.08 Å². The number of hydrogen-bond acceptors (Lipinski definition) is 8. The molecule has 0 radical (unpaired) electrons. The average molecular weight is 446 g/mol. The number of urea groups is 1. The molecule has 31 heavy (non-hydrogen) atoms. The molecule has 1 aliphatic rings. The van der Waals surface area contributed by atoms with Gasteiger partial charge in [-0.1, -0.05) is 0 Å². The lowest BCUT2D eigenvalue weighted by Crippen LogP contribution is -2.53. The lowest BCUT2D eigenvalue weighted by molar-refractivity contribution is -0.130. The van der Waals surface area contributed by atoms with E-state index in [1.807, 2.05) is 6.07 Å². The van der Waals surface area contributed by atoms with Gasteiger partial charge in [0.2, 0.25) is 10.0 Å². The molecule has 2 aromatic heterocycles. The van der Waals surface area contributed by atoms with Crippen molar-refractivity contribution in [3.8, 4) is 6.07 Å². The summed E-state index contributed by atoms with van der Waals surface area (Å²) in [6.07, 6.45) is 3.60. The number of nitrogens with zero attached hydrogens (tertiary/aromatic N) is 3. The maximum absolute atomic E-state index is 12.7. The molecule has 0 unspecified atom stereocenters. The van der Waals surface area contributed by atoms with Crippen LogP contribution in [0.5, 0.6) is 0 Å². The molecule has 162 valence electrons. The van der Waals surface area contributed by atoms with Crippen molar-refractivity contribution in [2.24, 2.45) is 0 Å². The van der Waals surface area contributed by atoms with Gasteiger partial charge in [0.05, 0.1) is 31.7 Å². The summed E-state index contributed by atoms with van der Waals surface area (Å²) in [7, 11) is -3.57. The van der Waals surface area contributed by atoms with Crippen LogP contribution in [0, 0.1) is 11.3 Å². The van der Waals surface area contributed by atoms with Crippen LogP contribution in [0.4, 0.5) is 4.79 Å². The molecule has 0 aromatic carbocycles. The Morgan fingerprint density at radius 1 is 1.23 bits per heavy atom. The Balaban J connectivity index is 1.80. The Morgan fingerprint density at radius 3 is 2.65 bits per heavy atom. The van der Waals surface area contributed by atoms with Crippen molar-refractivity contribution in [2.45, 2.75) is 19.5 Å². The van der Waals surface area contributed by atoms with Crippen LogP contribution in [0.3, 0.4) is 0 Å². The molecule has 1 fully saturated rings. The molecule has 3 rings (SSSR count). The molecular weight excluding hydrogens is 428 g/mol. The Morgan fingerprint density at radius 2 is 2.00 bits per heavy atom. The van der Waals surface area contributed by atoms with Gasteiger partial charge in [-0.3, -0.25) is 19.8 Å². The molecule has 3 heterocycles. The van der Waals surface area contributed by atoms with Crippen LogP contribution in [-0.2, 0) is 32.7 Å². The number of nitrogens with one attached hydrogen (secondary N) is 1. The Kier molecular flexibility index (Phi) is 6.38. The third-order valence-corrected chi connectivity index (χ3v) is 5.57. The number of carbonyl (C=O) groups excluding carboxylic acids is 3. The summed E-state index contributed by atoms with van der Waals surface area (Å²) in [5.41, 5.74) is -0.323. The molecule has 0 bridgehead atoms. The lowest BCUT2D eigenvalue weighted by atomic mass is 10.1. The van der Waals surface area contributed by atoms with Gasteiger partial charge in [-0.05, 0) is 30.3 Å². The van der Waals surface area contributed by atoms with Crippen LogP contribution >= 0.6 is 0 Å². The average Bonchev–Trinajstić information content (AvgIpc) is 3.36. The first-order valence-electron chi connectivity index (χ1n) is 9.01. The summed E-state index contributed by atoms with van der Waals surface area (Å²) >= 11 is 0. The van der Waals surface area contributed by atoms with E-state index >= 15 is 0 Å². The van der Waals surface area contributed by atoms with Gasteiger partial charge in [-0.2, -0.15) is 9.57 Å². The molecule has 4 amide bonds. The van der Waals surface area contributed by atoms with Crippen molar-refractivity contribution in [1.82, 2.24) is 14.5 Å². The van der Waals surface area contributed by atoms with E-state index in [2.05, 4.69) is 5.32 Å². The topological polar surface area (TPSA) is 154 Å². The number of hydrogen-bond donors (Lipinski definition) is 1. The summed E-state index contributed by atoms with van der Waals surface area (Å²) in [6.45, 7) is -0.280. The van der Waals surface area contributed by atoms with Crippen molar-refractivity contribution in [1.29, 1.82) is 5.26 Å². The van der Waals surface area contributed by atoms with Crippen LogP contribution in [0.2, 0.25) is 0 Å². The highest BCUT2D eigenvalue weighted by molar-refractivity contribution is 7.88. The monoisotopic (exact) mass is 446 g/mol. The number of imide groups is 2. The van der Waals surface area contributed by atoms with E-state index in [-0.39, 0.29) is 43.1 Å². The van der Waals surface area contributed by atoms with E-state index in [9.17, 15) is 22.8 Å². The van der Waals surface area contributed by atoms with Gasteiger partial charge in [0.15, 0.2) is 0 Å². The number of sulfonamides is 1. The number of amides is 4. The number of furan rings is 2. The highest BCUT2D eigenvalue weighted by Crippen LogP contribution is 2.20. The van der Waals surface area contributed by atoms with Gasteiger partial charge in [-0.15, -0.1) is 0 Å². The summed E-state index contributed by atoms with van der Waals surface area (Å²) in [5.74, 6) is -0.974. The number of carbonyl (C=O) groups is 3. The van der Waals surface area contributed by atoms with E-state index in [4.69, 9.17) is 14.1 Å². The van der Waals surface area contributed by atoms with Crippen molar-refractivity contribution in [2.75, 3.05) is 12.8 Å². The molecule has 1 N–H and O–H groups in total. The minimum atomic E-state index is -3.57. The molecule has 0 spiro atoms. The Labute approximate surface area is 177 Å². The molecule has 2 aromatic rings. The standard InChI is InChI=1S/C19H18N4O7S/c1-31(27,28)22(8-3-7-20)11-15-6-5-13(30-15)10-16-17(24)21-19(26)23(18(16)25)12-14-4-2-9-29-14/h2,4-6,9-10H,3,8,11-12H2,1H3,(H,21,24,26)/b16-10+. The first-order chi connectivity index (χ1) is 14.7. The Hall–Kier alpha value is -3.69. The largest absolute Gasteiger partial charge is 0.467 e. The second-order valence-corrected chi connectivity index (χ2v) is 8.58. The summed E-state index contributed by atoms with van der Waals surface area (Å²) in [6, 6.07) is 7.15. The summed E-state index contributed by atoms with van der Waals surface area (Å²) in [5, 5.41) is 10.8. The van der Waals surface area contributed by atoms with Gasteiger partial charge < -0.3 is 8.83 Å². The predicted octanol–water partition coefficient (Wildman–Crippen LogP) is 1.21. The minimum absolute atomic E-state index is 0.00278. The molecule has 0 saturated carbocycles. The lowest BCUT2D eigenvalue weighted by Gasteiger charge is -2.25. The zero-order chi connectivity index (χ0) is 22.6. The molecule has 12 heteroatoms. The minimum Gasteiger partial charge on any atom is -0.467 e. The first kappa shape index (κ1) is 22.0. The second kappa shape index (κ2) is 8.99. The van der Waals surface area contributed by atoms with Crippen molar-refractivity contribution in [3.63, 3.8) is 0 Å². The highest BCUT2D eigenvalue weighted by atomic mass is 32.2. The zero-order valence-electron chi connectivity index (χ0n) is 16.4. The molecule has 0 aliphatic carbocycles. The van der Waals surface area contributed by atoms with E-state index in [1.54, 1.807) is 12.1 Å². The van der Waals surface area contributed by atoms with Crippen LogP contribution in [0.15, 0.2) is 44.9 Å². The van der Waals surface area contributed by atoms with Gasteiger partial charge in [0.1, 0.15) is 22.9 Å². The number of nitriles is 1. The van der Waals surface area contributed by atoms with Gasteiger partial charge in [0, 0.05) is 13.0 Å². The normalized spacial score (nSPS) is 16.1. The fraction of sp³-hybridized carbons (Fsp3) is 0.263. The third-order valence-electron chi connectivity index (χ3n) is 4.32. The van der Waals surface area contributed by atoms with Crippen LogP contribution < -0.4 is 5.32 Å². The summed E-state index contributed by atoms with van der Waals surface area (Å²) < 4.78 is 35.5. The van der Waals surface area contributed by atoms with E-state index < -0.39 is 27.9 Å². The van der Waals surface area contributed by atoms with E-state index in [0.29, 0.717) is 5.76 Å². The fourth-order valence-corrected chi connectivity index (χ4v) is 3.59. The van der Waals surface area contributed by atoms with Crippen LogP contribution in [0.1, 0.15) is 23.7 Å². The molecular formula is C19H18N4O7S. The third kappa shape index (κ3) is 5.27. The number of rotatable bonds is 8. The highest BCUT2D eigenvalue weighted by Gasteiger charge is 2.36. The molecule has 1 saturated heterocycles. The summed E-state index contributed by atoms with van der Waals surface area (Å²) in [4.78, 5) is 37.7. The van der Waals surface area contributed by atoms with Crippen molar-refractivity contribution >= 4 is 33.9 Å². The molecule has 0 atom stereocenters. The van der Waals surface area contributed by atoms with Crippen molar-refractivity contribution < 1.29 is 31.6 Å². The van der Waals surface area contributed by atoms with Crippen molar-refractivity contribution in [3.05, 3.63) is 53.4 Å². The first-order valence-corrected chi connectivity index (χ1v) is 10.9. The second-order valence-electron chi connectivity index (χ2n) is 6.60. The Bertz CT molecular complexity index is 1170. The maximum Gasteiger partial charge on any atom is 0.331 e. The maximum atomic E-state index is 12.7.